The minimum Gasteiger partial charge on any atom is -0.146 e. The molecule has 0 aliphatic heterocycles. The fourth-order valence-electron chi connectivity index (χ4n) is 1.05. The van der Waals surface area contributed by atoms with Crippen molar-refractivity contribution >= 4 is 25.3 Å². The Morgan fingerprint density at radius 1 is 1.27 bits per heavy atom. The first-order chi connectivity index (χ1) is 4.91. The molecule has 0 amide bonds. The zero-order chi connectivity index (χ0) is 8.65. The highest BCUT2D eigenvalue weighted by Gasteiger charge is 2.21. The van der Waals surface area contributed by atoms with Crippen LogP contribution in [0.2, 0.25) is 0 Å². The van der Waals surface area contributed by atoms with Gasteiger partial charge in [-0.05, 0) is 16.4 Å². The van der Waals surface area contributed by atoms with E-state index in [9.17, 15) is 0 Å². The van der Waals surface area contributed by atoms with Crippen molar-refractivity contribution in [2.75, 3.05) is 0 Å². The lowest BCUT2D eigenvalue weighted by Crippen LogP contribution is -2.07. The fourth-order valence-corrected chi connectivity index (χ4v) is 1.52. The Kier molecular flexibility index (Phi) is 2.45. The molecular weight excluding hydrogens is 172 g/mol. The first-order valence-electron chi connectivity index (χ1n) is 3.73. The monoisotopic (exact) mass is 186 g/mol. The molecule has 0 atom stereocenters. The van der Waals surface area contributed by atoms with Gasteiger partial charge in [0.2, 0.25) is 0 Å². The molecule has 62 valence electrons. The van der Waals surface area contributed by atoms with E-state index in [0.717, 1.165) is 16.2 Å². The van der Waals surface area contributed by atoms with Gasteiger partial charge in [0.25, 0.3) is 0 Å². The number of allylic oxidation sites excluding steroid dienone is 3. The predicted molar refractivity (Wildman–Crippen MR) is 57.2 cm³/mol. The summed E-state index contributed by atoms with van der Waals surface area (Å²) in [6, 6.07) is 0. The van der Waals surface area contributed by atoms with Gasteiger partial charge in [-0.25, -0.2) is 0 Å². The molecule has 0 radical (unpaired) electrons. The molecule has 0 nitrogen and oxygen atoms in total. The fraction of sp³-hybridized carbons (Fsp3) is 0.556. The molecule has 0 saturated carbocycles. The Labute approximate surface area is 79.6 Å². The molecule has 0 fully saturated rings. The Morgan fingerprint density at radius 2 is 1.82 bits per heavy atom. The molecule has 0 bridgehead atoms. The van der Waals surface area contributed by atoms with Crippen molar-refractivity contribution in [1.82, 2.24) is 0 Å². The third kappa shape index (κ3) is 2.06. The Hall–Kier alpha value is 0.180. The maximum atomic E-state index is 4.33. The average Bonchev–Trinajstić information content (AvgIpc) is 2.11. The first-order valence-corrected chi connectivity index (χ1v) is 4.63. The Morgan fingerprint density at radius 3 is 2.00 bits per heavy atom. The zero-order valence-corrected chi connectivity index (χ0v) is 8.97. The van der Waals surface area contributed by atoms with Gasteiger partial charge in [-0.2, -0.15) is 0 Å². The van der Waals surface area contributed by atoms with E-state index in [1.54, 1.807) is 0 Å². The molecule has 0 unspecified atom stereocenters. The minimum atomic E-state index is 0.262. The van der Waals surface area contributed by atoms with Crippen LogP contribution in [0.25, 0.3) is 0 Å². The van der Waals surface area contributed by atoms with E-state index >= 15 is 0 Å². The molecule has 0 spiro atoms. The summed E-state index contributed by atoms with van der Waals surface area (Å²) in [5.41, 5.74) is 1.69. The molecule has 2 heteroatoms. The largest absolute Gasteiger partial charge is 0.146 e. The van der Waals surface area contributed by atoms with E-state index in [2.05, 4.69) is 52.1 Å². The normalized spacial score (nSPS) is 19.2. The summed E-state index contributed by atoms with van der Waals surface area (Å²) < 4.78 is 0. The molecule has 0 aromatic carbocycles. The lowest BCUT2D eigenvalue weighted by molar-refractivity contribution is 0.496. The van der Waals surface area contributed by atoms with Crippen LogP contribution in [0.15, 0.2) is 21.5 Å². The van der Waals surface area contributed by atoms with Crippen LogP contribution in [0, 0.1) is 5.41 Å². The molecule has 0 N–H and O–H groups in total. The third-order valence-electron chi connectivity index (χ3n) is 1.93. The van der Waals surface area contributed by atoms with E-state index in [-0.39, 0.29) is 5.41 Å². The maximum absolute atomic E-state index is 4.33. The van der Waals surface area contributed by atoms with Gasteiger partial charge < -0.3 is 0 Å². The SMILES string of the molecule is CC(C)(C)C1=CC(S)=C(S)C1. The summed E-state index contributed by atoms with van der Waals surface area (Å²) in [6.07, 6.45) is 3.11. The van der Waals surface area contributed by atoms with E-state index in [0.29, 0.717) is 0 Å². The summed E-state index contributed by atoms with van der Waals surface area (Å²) in [5, 5.41) is 0. The quantitative estimate of drug-likeness (QED) is 0.532. The molecule has 0 aromatic rings. The second-order valence-electron chi connectivity index (χ2n) is 3.93. The molecule has 1 aliphatic rings. The van der Waals surface area contributed by atoms with E-state index in [4.69, 9.17) is 0 Å². The van der Waals surface area contributed by atoms with Crippen molar-refractivity contribution in [3.63, 3.8) is 0 Å². The van der Waals surface area contributed by atoms with Crippen molar-refractivity contribution in [1.29, 1.82) is 0 Å². The zero-order valence-electron chi connectivity index (χ0n) is 7.18. The number of hydrogen-bond acceptors (Lipinski definition) is 2. The van der Waals surface area contributed by atoms with Crippen molar-refractivity contribution in [2.45, 2.75) is 27.2 Å². The number of thiol groups is 2. The van der Waals surface area contributed by atoms with E-state index < -0.39 is 0 Å². The van der Waals surface area contributed by atoms with Crippen LogP contribution in [-0.2, 0) is 0 Å². The lowest BCUT2D eigenvalue weighted by atomic mass is 9.86. The van der Waals surface area contributed by atoms with Crippen molar-refractivity contribution in [3.8, 4) is 0 Å². The minimum absolute atomic E-state index is 0.262. The molecule has 0 heterocycles. The van der Waals surface area contributed by atoms with Crippen LogP contribution in [0.4, 0.5) is 0 Å². The lowest BCUT2D eigenvalue weighted by Gasteiger charge is -2.20. The van der Waals surface area contributed by atoms with Crippen molar-refractivity contribution in [2.24, 2.45) is 5.41 Å². The molecule has 0 aromatic heterocycles. The number of rotatable bonds is 0. The molecular formula is C9H14S2. The van der Waals surface area contributed by atoms with Gasteiger partial charge in [-0.15, -0.1) is 25.3 Å². The summed E-state index contributed by atoms with van der Waals surface area (Å²) in [6.45, 7) is 6.64. The summed E-state index contributed by atoms with van der Waals surface area (Å²) in [7, 11) is 0. The molecule has 11 heavy (non-hydrogen) atoms. The second-order valence-corrected chi connectivity index (χ2v) is 4.95. The third-order valence-corrected chi connectivity index (χ3v) is 2.90. The Bertz CT molecular complexity index is 228. The highest BCUT2D eigenvalue weighted by Crippen LogP contribution is 2.39. The van der Waals surface area contributed by atoms with E-state index in [1.165, 1.54) is 5.57 Å². The van der Waals surface area contributed by atoms with E-state index in [1.807, 2.05) is 0 Å². The van der Waals surface area contributed by atoms with Crippen molar-refractivity contribution in [3.05, 3.63) is 21.5 Å². The Balaban J connectivity index is 2.80. The highest BCUT2D eigenvalue weighted by atomic mass is 32.1. The molecule has 1 aliphatic carbocycles. The molecule has 0 saturated heterocycles. The smallest absolute Gasteiger partial charge is 0.0136 e. The van der Waals surface area contributed by atoms with Crippen LogP contribution < -0.4 is 0 Å². The van der Waals surface area contributed by atoms with Gasteiger partial charge in [0.05, 0.1) is 0 Å². The van der Waals surface area contributed by atoms with Gasteiger partial charge >= 0.3 is 0 Å². The highest BCUT2D eigenvalue weighted by molar-refractivity contribution is 7.88. The molecule has 1 rings (SSSR count). The number of hydrogen-bond donors (Lipinski definition) is 2. The van der Waals surface area contributed by atoms with Crippen molar-refractivity contribution < 1.29 is 0 Å². The summed E-state index contributed by atoms with van der Waals surface area (Å²) in [5.74, 6) is 0. The van der Waals surface area contributed by atoms with Gasteiger partial charge in [0.1, 0.15) is 0 Å². The van der Waals surface area contributed by atoms with Gasteiger partial charge in [0, 0.05) is 11.3 Å². The predicted octanol–water partition coefficient (Wildman–Crippen LogP) is 3.43. The van der Waals surface area contributed by atoms with Crippen LogP contribution in [0.5, 0.6) is 0 Å². The van der Waals surface area contributed by atoms with Gasteiger partial charge in [-0.1, -0.05) is 26.3 Å². The van der Waals surface area contributed by atoms with Gasteiger partial charge in [-0.3, -0.25) is 0 Å². The van der Waals surface area contributed by atoms with Crippen LogP contribution >= 0.6 is 25.3 Å². The van der Waals surface area contributed by atoms with Crippen LogP contribution in [0.3, 0.4) is 0 Å². The first kappa shape index (κ1) is 9.27. The topological polar surface area (TPSA) is 0 Å². The standard InChI is InChI=1S/C9H14S2/c1-9(2,3)6-4-7(10)8(11)5-6/h4,10-11H,5H2,1-3H3. The summed E-state index contributed by atoms with van der Waals surface area (Å²) in [4.78, 5) is 2.12. The van der Waals surface area contributed by atoms with Crippen LogP contribution in [-0.4, -0.2) is 0 Å². The van der Waals surface area contributed by atoms with Crippen LogP contribution in [0.1, 0.15) is 27.2 Å². The second kappa shape index (κ2) is 2.91. The summed E-state index contributed by atoms with van der Waals surface area (Å²) >= 11 is 8.64. The maximum Gasteiger partial charge on any atom is 0.0136 e. The average molecular weight is 186 g/mol. The van der Waals surface area contributed by atoms with Gasteiger partial charge in [0.15, 0.2) is 0 Å².